The highest BCUT2D eigenvalue weighted by molar-refractivity contribution is 6.36. The average Bonchev–Trinajstić information content (AvgIpc) is 3.47. The molecule has 5 rings (SSSR count). The molecule has 0 amide bonds. The summed E-state index contributed by atoms with van der Waals surface area (Å²) in [6, 6.07) is 4.67. The molecule has 198 valence electrons. The number of aromatic nitrogens is 4. The third-order valence-electron chi connectivity index (χ3n) is 6.67. The number of nitrogens with one attached hydrogen (secondary N) is 1. The minimum absolute atomic E-state index is 0.0458. The lowest BCUT2D eigenvalue weighted by atomic mass is 9.74. The Morgan fingerprint density at radius 2 is 1.84 bits per heavy atom. The maximum Gasteiger partial charge on any atom is 0.236 e. The molecule has 1 aromatic heterocycles. The van der Waals surface area contributed by atoms with Crippen LogP contribution in [0.15, 0.2) is 30.0 Å². The molecule has 0 fully saturated rings. The van der Waals surface area contributed by atoms with E-state index >= 15 is 0 Å². The number of hydrogen-bond donors (Lipinski definition) is 2. The fourth-order valence-electron chi connectivity index (χ4n) is 4.78. The highest BCUT2D eigenvalue weighted by Crippen LogP contribution is 2.53. The maximum atomic E-state index is 13.7. The number of rotatable bonds is 6. The van der Waals surface area contributed by atoms with Gasteiger partial charge >= 0.3 is 0 Å². The zero-order valence-electron chi connectivity index (χ0n) is 21.2. The molecule has 3 aromatic rings. The molecular weight excluding hydrogens is 518 g/mol. The minimum Gasteiger partial charge on any atom is -0.503 e. The fraction of sp³-hybridized carbons (Fsp3) is 0.320. The normalized spacial score (nSPS) is 20.2. The average molecular weight is 542 g/mol. The third-order valence-corrected chi connectivity index (χ3v) is 7.02. The summed E-state index contributed by atoms with van der Waals surface area (Å²) in [4.78, 5) is 28.6. The van der Waals surface area contributed by atoms with Crippen molar-refractivity contribution in [3.8, 4) is 40.1 Å². The Hall–Kier alpha value is -4.32. The van der Waals surface area contributed by atoms with Crippen molar-refractivity contribution in [1.29, 1.82) is 0 Å². The molecule has 0 saturated carbocycles. The third kappa shape index (κ3) is 3.71. The topological polar surface area (TPSA) is 147 Å². The van der Waals surface area contributed by atoms with Gasteiger partial charge in [0.15, 0.2) is 17.2 Å². The number of phenolic OH excluding ortho intramolecular Hbond substituents is 1. The Morgan fingerprint density at radius 3 is 2.45 bits per heavy atom. The van der Waals surface area contributed by atoms with Crippen molar-refractivity contribution in [3.63, 3.8) is 0 Å². The Kier molecular flexibility index (Phi) is 6.14. The highest BCUT2D eigenvalue weighted by atomic mass is 35.5. The van der Waals surface area contributed by atoms with Crippen LogP contribution >= 0.6 is 11.6 Å². The second-order valence-corrected chi connectivity index (χ2v) is 9.29. The summed E-state index contributed by atoms with van der Waals surface area (Å²) in [5.41, 5.74) is -0.483. The molecular formula is C25H24ClN5O7. The van der Waals surface area contributed by atoms with Crippen molar-refractivity contribution < 1.29 is 33.6 Å². The molecule has 13 heteroatoms. The number of ether oxygens (including phenoxy) is 4. The van der Waals surface area contributed by atoms with Crippen LogP contribution in [0.5, 0.6) is 28.7 Å². The van der Waals surface area contributed by atoms with E-state index in [1.807, 2.05) is 0 Å². The summed E-state index contributed by atoms with van der Waals surface area (Å²) in [6.45, 7) is 1.73. The van der Waals surface area contributed by atoms with Crippen LogP contribution in [0.25, 0.3) is 11.4 Å². The van der Waals surface area contributed by atoms with Crippen LogP contribution in [0.1, 0.15) is 23.7 Å². The molecule has 0 radical (unpaired) electrons. The number of phenols is 1. The first-order valence-corrected chi connectivity index (χ1v) is 11.9. The molecule has 1 spiro atoms. The van der Waals surface area contributed by atoms with Gasteiger partial charge < -0.3 is 29.4 Å². The standard InChI is InChI=1S/C25H24ClN5O7/c1-11-6-13(27-14-7-12(8-17(37-5)21(14)33)24-28-30-31(2)29-24)9-18(32)25(11)23(34)19-15(35-3)10-16(36-4)20(26)22(19)38-25/h7-11,27,33H,6H2,1-5H3. The lowest BCUT2D eigenvalue weighted by molar-refractivity contribution is -0.129. The van der Waals surface area contributed by atoms with Crippen molar-refractivity contribution in [2.24, 2.45) is 13.0 Å². The molecule has 2 unspecified atom stereocenters. The summed E-state index contributed by atoms with van der Waals surface area (Å²) in [5, 5.41) is 25.9. The zero-order chi connectivity index (χ0) is 27.4. The number of aromatic hydroxyl groups is 1. The van der Waals surface area contributed by atoms with Crippen molar-refractivity contribution >= 4 is 28.9 Å². The molecule has 0 bridgehead atoms. The number of tetrazole rings is 1. The quantitative estimate of drug-likeness (QED) is 0.350. The van der Waals surface area contributed by atoms with Gasteiger partial charge in [-0.3, -0.25) is 9.59 Å². The second kappa shape index (κ2) is 9.21. The van der Waals surface area contributed by atoms with E-state index in [-0.39, 0.29) is 51.4 Å². The first kappa shape index (κ1) is 25.3. The van der Waals surface area contributed by atoms with E-state index in [9.17, 15) is 14.7 Å². The van der Waals surface area contributed by atoms with Crippen LogP contribution in [0.2, 0.25) is 5.02 Å². The van der Waals surface area contributed by atoms with Gasteiger partial charge in [-0.15, -0.1) is 10.2 Å². The summed E-state index contributed by atoms with van der Waals surface area (Å²) >= 11 is 6.44. The van der Waals surface area contributed by atoms with E-state index in [4.69, 9.17) is 30.5 Å². The molecule has 2 heterocycles. The number of carbonyl (C=O) groups excluding carboxylic acids is 2. The summed E-state index contributed by atoms with van der Waals surface area (Å²) in [5.74, 6) is -0.912. The predicted molar refractivity (Wildman–Crippen MR) is 135 cm³/mol. The van der Waals surface area contributed by atoms with Crippen molar-refractivity contribution in [2.75, 3.05) is 26.6 Å². The van der Waals surface area contributed by atoms with Gasteiger partial charge in [-0.2, -0.15) is 4.80 Å². The van der Waals surface area contributed by atoms with E-state index in [2.05, 4.69) is 20.7 Å². The van der Waals surface area contributed by atoms with Gasteiger partial charge in [0.1, 0.15) is 22.1 Å². The minimum atomic E-state index is -1.82. The van der Waals surface area contributed by atoms with Gasteiger partial charge in [0.2, 0.25) is 23.0 Å². The molecule has 2 aromatic carbocycles. The number of halogens is 1. The first-order valence-electron chi connectivity index (χ1n) is 11.5. The SMILES string of the molecule is COc1cc(-c2nnn(C)n2)cc(NC2=CC(=O)C3(Oc4c(Cl)c(OC)cc(OC)c4C3=O)C(C)C2)c1O. The summed E-state index contributed by atoms with van der Waals surface area (Å²) < 4.78 is 22.0. The number of anilines is 1. The van der Waals surface area contributed by atoms with E-state index in [1.54, 1.807) is 26.1 Å². The number of carbonyl (C=O) groups is 2. The predicted octanol–water partition coefficient (Wildman–Crippen LogP) is 3.18. The first-order chi connectivity index (χ1) is 18.1. The van der Waals surface area contributed by atoms with Gasteiger partial charge in [0, 0.05) is 29.3 Å². The number of Topliss-reactive ketones (excluding diaryl/α,β-unsaturated/α-hetero) is 1. The Labute approximate surface area is 222 Å². The monoisotopic (exact) mass is 541 g/mol. The van der Waals surface area contributed by atoms with Gasteiger partial charge in [-0.1, -0.05) is 18.5 Å². The van der Waals surface area contributed by atoms with E-state index in [0.29, 0.717) is 17.1 Å². The van der Waals surface area contributed by atoms with E-state index in [0.717, 1.165) is 0 Å². The summed E-state index contributed by atoms with van der Waals surface area (Å²) in [6.07, 6.45) is 1.53. The molecule has 12 nitrogen and oxygen atoms in total. The van der Waals surface area contributed by atoms with Gasteiger partial charge in [-0.25, -0.2) is 0 Å². The molecule has 2 aliphatic rings. The molecule has 0 saturated heterocycles. The van der Waals surface area contributed by atoms with Crippen molar-refractivity contribution in [3.05, 3.63) is 40.6 Å². The van der Waals surface area contributed by atoms with Crippen LogP contribution in [0.3, 0.4) is 0 Å². The van der Waals surface area contributed by atoms with Crippen molar-refractivity contribution in [1.82, 2.24) is 20.2 Å². The van der Waals surface area contributed by atoms with Crippen molar-refractivity contribution in [2.45, 2.75) is 18.9 Å². The van der Waals surface area contributed by atoms with E-state index < -0.39 is 23.1 Å². The fourth-order valence-corrected chi connectivity index (χ4v) is 5.04. The zero-order valence-corrected chi connectivity index (χ0v) is 21.9. The number of fused-ring (bicyclic) bond motifs is 1. The maximum absolute atomic E-state index is 13.7. The van der Waals surface area contributed by atoms with Gasteiger partial charge in [0.05, 0.1) is 34.1 Å². The highest BCUT2D eigenvalue weighted by Gasteiger charge is 2.60. The largest absolute Gasteiger partial charge is 0.503 e. The number of hydrogen-bond acceptors (Lipinski definition) is 11. The van der Waals surface area contributed by atoms with Crippen LogP contribution < -0.4 is 24.3 Å². The number of allylic oxidation sites excluding steroid dienone is 1. The van der Waals surface area contributed by atoms with Crippen LogP contribution in [-0.2, 0) is 11.8 Å². The van der Waals surface area contributed by atoms with Crippen LogP contribution in [-0.4, -0.2) is 63.8 Å². The van der Waals surface area contributed by atoms with Crippen LogP contribution in [0, 0.1) is 5.92 Å². The summed E-state index contributed by atoms with van der Waals surface area (Å²) in [7, 11) is 5.87. The Morgan fingerprint density at radius 1 is 1.13 bits per heavy atom. The smallest absolute Gasteiger partial charge is 0.236 e. The lowest BCUT2D eigenvalue weighted by Gasteiger charge is -2.35. The van der Waals surface area contributed by atoms with Crippen LogP contribution in [0.4, 0.5) is 5.69 Å². The molecule has 1 aliphatic heterocycles. The number of ketones is 2. The van der Waals surface area contributed by atoms with Gasteiger partial charge in [0.25, 0.3) is 0 Å². The van der Waals surface area contributed by atoms with Gasteiger partial charge in [-0.05, 0) is 23.8 Å². The number of aryl methyl sites for hydroxylation is 1. The Bertz CT molecular complexity index is 1520. The van der Waals surface area contributed by atoms with E-state index in [1.165, 1.54) is 38.3 Å². The number of methoxy groups -OCH3 is 3. The molecule has 2 atom stereocenters. The Balaban J connectivity index is 1.51. The molecule has 38 heavy (non-hydrogen) atoms. The number of benzene rings is 2. The second-order valence-electron chi connectivity index (χ2n) is 8.91. The molecule has 1 aliphatic carbocycles. The lowest BCUT2D eigenvalue weighted by Crippen LogP contribution is -2.55. The number of nitrogens with zero attached hydrogens (tertiary/aromatic N) is 4. The molecule has 2 N–H and O–H groups in total.